The van der Waals surface area contributed by atoms with Crippen LogP contribution >= 0.6 is 23.2 Å². The van der Waals surface area contributed by atoms with Gasteiger partial charge in [-0.25, -0.2) is 0 Å². The van der Waals surface area contributed by atoms with Crippen molar-refractivity contribution in [3.8, 4) is 0 Å². The van der Waals surface area contributed by atoms with Gasteiger partial charge in [-0.1, -0.05) is 28.3 Å². The second-order valence-electron chi connectivity index (χ2n) is 3.83. The first kappa shape index (κ1) is 11.6. The molecule has 1 saturated heterocycles. The largest absolute Gasteiger partial charge is 0.298 e. The molecule has 1 aromatic rings. The van der Waals surface area contributed by atoms with Crippen LogP contribution in [0.15, 0.2) is 23.3 Å². The lowest BCUT2D eigenvalue weighted by Gasteiger charge is -2.36. The van der Waals surface area contributed by atoms with Crippen LogP contribution in [0.3, 0.4) is 0 Å². The van der Waals surface area contributed by atoms with Crippen LogP contribution in [-0.4, -0.2) is 24.0 Å². The average Bonchev–Trinajstić information content (AvgIpc) is 2.13. The van der Waals surface area contributed by atoms with E-state index in [9.17, 15) is 0 Å². The summed E-state index contributed by atoms with van der Waals surface area (Å²) in [6, 6.07) is 5.62. The highest BCUT2D eigenvalue weighted by atomic mass is 35.5. The van der Waals surface area contributed by atoms with E-state index in [4.69, 9.17) is 28.7 Å². The number of halogens is 2. The number of nitrogens with zero attached hydrogens (tertiary/aromatic N) is 4. The van der Waals surface area contributed by atoms with Gasteiger partial charge >= 0.3 is 0 Å². The predicted molar refractivity (Wildman–Crippen MR) is 64.7 cm³/mol. The highest BCUT2D eigenvalue weighted by molar-refractivity contribution is 6.34. The van der Waals surface area contributed by atoms with Gasteiger partial charge in [-0.2, -0.15) is 0 Å². The van der Waals surface area contributed by atoms with Gasteiger partial charge in [0.1, 0.15) is 0 Å². The Bertz CT molecular complexity index is 416. The Labute approximate surface area is 103 Å². The Hall–Kier alpha value is -0.930. The van der Waals surface area contributed by atoms with E-state index < -0.39 is 0 Å². The first-order valence-corrected chi connectivity index (χ1v) is 5.64. The molecule has 1 aliphatic heterocycles. The molecular formula is C10H10Cl2N4. The molecule has 84 valence electrons. The SMILES string of the molecule is [N-]=[N+]=NC1CN(Cc2cc(Cl)cc(Cl)c2)C1. The third-order valence-corrected chi connectivity index (χ3v) is 2.92. The highest BCUT2D eigenvalue weighted by Gasteiger charge is 2.25. The second kappa shape index (κ2) is 4.93. The summed E-state index contributed by atoms with van der Waals surface area (Å²) in [6.45, 7) is 2.39. The Morgan fingerprint density at radius 1 is 1.31 bits per heavy atom. The third-order valence-electron chi connectivity index (χ3n) is 2.48. The Balaban J connectivity index is 1.93. The zero-order valence-electron chi connectivity index (χ0n) is 8.48. The lowest BCUT2D eigenvalue weighted by atomic mass is 10.1. The van der Waals surface area contributed by atoms with Gasteiger partial charge in [0.15, 0.2) is 0 Å². The zero-order chi connectivity index (χ0) is 11.5. The maximum Gasteiger partial charge on any atom is 0.0628 e. The molecule has 2 rings (SSSR count). The summed E-state index contributed by atoms with van der Waals surface area (Å²) in [5.41, 5.74) is 9.34. The fourth-order valence-electron chi connectivity index (χ4n) is 1.78. The number of hydrogen-bond acceptors (Lipinski definition) is 2. The maximum atomic E-state index is 8.26. The van der Waals surface area contributed by atoms with Crippen LogP contribution in [-0.2, 0) is 6.54 Å². The molecule has 0 atom stereocenters. The Morgan fingerprint density at radius 2 is 1.94 bits per heavy atom. The Kier molecular flexibility index (Phi) is 3.56. The first-order valence-electron chi connectivity index (χ1n) is 4.89. The maximum absolute atomic E-state index is 8.26. The summed E-state index contributed by atoms with van der Waals surface area (Å²) in [7, 11) is 0. The first-order chi connectivity index (χ1) is 7.67. The van der Waals surface area contributed by atoms with Gasteiger partial charge in [0.2, 0.25) is 0 Å². The zero-order valence-corrected chi connectivity index (χ0v) is 9.99. The number of azide groups is 1. The van der Waals surface area contributed by atoms with Crippen LogP contribution in [0.5, 0.6) is 0 Å². The normalized spacial score (nSPS) is 16.6. The number of likely N-dealkylation sites (tertiary alicyclic amines) is 1. The van der Waals surface area contributed by atoms with E-state index in [-0.39, 0.29) is 6.04 Å². The molecular weight excluding hydrogens is 247 g/mol. The standard InChI is InChI=1S/C10H10Cl2N4/c11-8-1-7(2-9(12)3-8)4-16-5-10(6-16)14-15-13/h1-3,10H,4-6H2. The van der Waals surface area contributed by atoms with Crippen LogP contribution in [0, 0.1) is 0 Å². The van der Waals surface area contributed by atoms with Crippen molar-refractivity contribution in [3.63, 3.8) is 0 Å². The van der Waals surface area contributed by atoms with E-state index in [2.05, 4.69) is 14.9 Å². The summed E-state index contributed by atoms with van der Waals surface area (Å²) >= 11 is 11.8. The molecule has 0 bridgehead atoms. The van der Waals surface area contributed by atoms with Gasteiger partial charge in [-0.3, -0.25) is 4.90 Å². The lowest BCUT2D eigenvalue weighted by molar-refractivity contribution is 0.142. The Morgan fingerprint density at radius 3 is 2.50 bits per heavy atom. The third kappa shape index (κ3) is 2.80. The predicted octanol–water partition coefficient (Wildman–Crippen LogP) is 3.49. The molecule has 0 aliphatic carbocycles. The van der Waals surface area contributed by atoms with Crippen molar-refractivity contribution in [2.45, 2.75) is 12.6 Å². The molecule has 4 nitrogen and oxygen atoms in total. The molecule has 0 aromatic heterocycles. The summed E-state index contributed by atoms with van der Waals surface area (Å²) in [5.74, 6) is 0. The van der Waals surface area contributed by atoms with Crippen LogP contribution in [0.25, 0.3) is 10.4 Å². The monoisotopic (exact) mass is 256 g/mol. The van der Waals surface area contributed by atoms with Crippen molar-refractivity contribution in [1.82, 2.24) is 4.90 Å². The highest BCUT2D eigenvalue weighted by Crippen LogP contribution is 2.22. The van der Waals surface area contributed by atoms with Crippen LogP contribution in [0.2, 0.25) is 10.0 Å². The molecule has 16 heavy (non-hydrogen) atoms. The molecule has 0 saturated carbocycles. The van der Waals surface area contributed by atoms with Gasteiger partial charge in [-0.05, 0) is 29.3 Å². The molecule has 1 aliphatic rings. The van der Waals surface area contributed by atoms with E-state index in [0.717, 1.165) is 25.2 Å². The lowest BCUT2D eigenvalue weighted by Crippen LogP contribution is -2.48. The number of hydrogen-bond donors (Lipinski definition) is 0. The van der Waals surface area contributed by atoms with Crippen LogP contribution in [0.4, 0.5) is 0 Å². The summed E-state index contributed by atoms with van der Waals surface area (Å²) in [5, 5.41) is 4.94. The quantitative estimate of drug-likeness (QED) is 0.464. The summed E-state index contributed by atoms with van der Waals surface area (Å²) < 4.78 is 0. The van der Waals surface area contributed by atoms with Gasteiger partial charge in [0.05, 0.1) is 6.04 Å². The van der Waals surface area contributed by atoms with Crippen LogP contribution < -0.4 is 0 Å². The molecule has 1 heterocycles. The molecule has 0 spiro atoms. The fourth-order valence-corrected chi connectivity index (χ4v) is 2.35. The molecule has 6 heteroatoms. The van der Waals surface area contributed by atoms with Gasteiger partial charge in [-0.15, -0.1) is 0 Å². The van der Waals surface area contributed by atoms with Crippen molar-refractivity contribution in [1.29, 1.82) is 0 Å². The van der Waals surface area contributed by atoms with Gasteiger partial charge < -0.3 is 0 Å². The summed E-state index contributed by atoms with van der Waals surface area (Å²) in [6.07, 6.45) is 0. The van der Waals surface area contributed by atoms with E-state index in [1.54, 1.807) is 6.07 Å². The minimum absolute atomic E-state index is 0.111. The van der Waals surface area contributed by atoms with E-state index >= 15 is 0 Å². The second-order valence-corrected chi connectivity index (χ2v) is 4.70. The van der Waals surface area contributed by atoms with E-state index in [1.807, 2.05) is 12.1 Å². The van der Waals surface area contributed by atoms with Crippen LogP contribution in [0.1, 0.15) is 5.56 Å². The molecule has 0 amide bonds. The number of benzene rings is 1. The van der Waals surface area contributed by atoms with Crippen molar-refractivity contribution in [3.05, 3.63) is 44.3 Å². The minimum Gasteiger partial charge on any atom is -0.298 e. The van der Waals surface area contributed by atoms with Crippen molar-refractivity contribution < 1.29 is 0 Å². The summed E-state index contributed by atoms with van der Waals surface area (Å²) in [4.78, 5) is 4.97. The van der Waals surface area contributed by atoms with E-state index in [1.165, 1.54) is 0 Å². The molecule has 0 unspecified atom stereocenters. The van der Waals surface area contributed by atoms with Gasteiger partial charge in [0.25, 0.3) is 0 Å². The fraction of sp³-hybridized carbons (Fsp3) is 0.400. The molecule has 1 aromatic carbocycles. The smallest absolute Gasteiger partial charge is 0.0628 e. The van der Waals surface area contributed by atoms with E-state index in [0.29, 0.717) is 10.0 Å². The molecule has 0 N–H and O–H groups in total. The topological polar surface area (TPSA) is 52.0 Å². The van der Waals surface area contributed by atoms with Crippen molar-refractivity contribution >= 4 is 23.2 Å². The van der Waals surface area contributed by atoms with Gasteiger partial charge in [0, 0.05) is 34.6 Å². The molecule has 0 radical (unpaired) electrons. The average molecular weight is 257 g/mol. The number of rotatable bonds is 3. The molecule has 1 fully saturated rings. The minimum atomic E-state index is 0.111. The van der Waals surface area contributed by atoms with Crippen molar-refractivity contribution in [2.75, 3.05) is 13.1 Å². The van der Waals surface area contributed by atoms with Crippen molar-refractivity contribution in [2.24, 2.45) is 5.11 Å².